The number of amides is 1. The monoisotopic (exact) mass is 317 g/mol. The number of halogens is 3. The molecule has 0 aliphatic carbocycles. The van der Waals surface area contributed by atoms with Gasteiger partial charge in [0.1, 0.15) is 0 Å². The van der Waals surface area contributed by atoms with Crippen molar-refractivity contribution in [3.05, 3.63) is 71.7 Å². The molecule has 0 radical (unpaired) electrons. The van der Waals surface area contributed by atoms with Crippen LogP contribution in [0.1, 0.15) is 10.4 Å². The van der Waals surface area contributed by atoms with Crippen molar-refractivity contribution in [2.75, 3.05) is 5.32 Å². The van der Waals surface area contributed by atoms with Crippen LogP contribution >= 0.6 is 0 Å². The van der Waals surface area contributed by atoms with Crippen LogP contribution in [-0.2, 0) is 0 Å². The van der Waals surface area contributed by atoms with Crippen LogP contribution in [0.5, 0.6) is 0 Å². The highest BCUT2D eigenvalue weighted by molar-refractivity contribution is 6.04. The molecule has 1 heterocycles. The molecule has 3 aromatic rings. The summed E-state index contributed by atoms with van der Waals surface area (Å²) in [5, 5.41) is 9.05. The number of carbonyl (C=O) groups is 1. The van der Waals surface area contributed by atoms with Crippen LogP contribution in [0.15, 0.2) is 48.7 Å². The Balaban J connectivity index is 1.86. The number of aromatic nitrogens is 2. The van der Waals surface area contributed by atoms with Crippen molar-refractivity contribution < 1.29 is 18.0 Å². The summed E-state index contributed by atoms with van der Waals surface area (Å²) in [6, 6.07) is 10.1. The van der Waals surface area contributed by atoms with E-state index in [2.05, 4.69) is 15.5 Å². The second-order valence-electron chi connectivity index (χ2n) is 4.73. The fourth-order valence-corrected chi connectivity index (χ4v) is 2.08. The van der Waals surface area contributed by atoms with Crippen molar-refractivity contribution in [2.45, 2.75) is 0 Å². The maximum absolute atomic E-state index is 13.6. The van der Waals surface area contributed by atoms with Gasteiger partial charge in [-0.25, -0.2) is 13.2 Å². The number of nitrogens with zero attached hydrogens (tertiary/aromatic N) is 1. The topological polar surface area (TPSA) is 57.8 Å². The number of H-pyrrole nitrogens is 1. The second kappa shape index (κ2) is 5.96. The first-order valence-corrected chi connectivity index (χ1v) is 6.61. The van der Waals surface area contributed by atoms with Gasteiger partial charge in [-0.05, 0) is 30.3 Å². The first-order valence-electron chi connectivity index (χ1n) is 6.61. The maximum Gasteiger partial charge on any atom is 0.258 e. The minimum atomic E-state index is -1.68. The summed E-state index contributed by atoms with van der Waals surface area (Å²) in [6.45, 7) is 0. The molecule has 2 aromatic carbocycles. The SMILES string of the molecule is O=C(Nc1cccc(-c2ccn[nH]2)c1)c1ccc(F)c(F)c1F. The quantitative estimate of drug-likeness (QED) is 0.723. The van der Waals surface area contributed by atoms with Gasteiger partial charge in [0.05, 0.1) is 11.3 Å². The molecule has 0 aliphatic heterocycles. The zero-order valence-electron chi connectivity index (χ0n) is 11.6. The minimum absolute atomic E-state index is 0.381. The highest BCUT2D eigenvalue weighted by Crippen LogP contribution is 2.22. The summed E-state index contributed by atoms with van der Waals surface area (Å²) in [7, 11) is 0. The van der Waals surface area contributed by atoms with Crippen molar-refractivity contribution in [1.29, 1.82) is 0 Å². The van der Waals surface area contributed by atoms with Crippen LogP contribution in [0.4, 0.5) is 18.9 Å². The van der Waals surface area contributed by atoms with E-state index in [4.69, 9.17) is 0 Å². The fraction of sp³-hybridized carbons (Fsp3) is 0. The number of rotatable bonds is 3. The largest absolute Gasteiger partial charge is 0.322 e. The minimum Gasteiger partial charge on any atom is -0.322 e. The van der Waals surface area contributed by atoms with Gasteiger partial charge >= 0.3 is 0 Å². The predicted octanol–water partition coefficient (Wildman–Crippen LogP) is 3.75. The molecule has 1 aromatic heterocycles. The number of hydrogen-bond acceptors (Lipinski definition) is 2. The average molecular weight is 317 g/mol. The van der Waals surface area contributed by atoms with Crippen LogP contribution in [0, 0.1) is 17.5 Å². The lowest BCUT2D eigenvalue weighted by atomic mass is 10.1. The summed E-state index contributed by atoms with van der Waals surface area (Å²) in [4.78, 5) is 12.0. The van der Waals surface area contributed by atoms with Gasteiger partial charge in [0, 0.05) is 17.4 Å². The number of anilines is 1. The van der Waals surface area contributed by atoms with Crippen molar-refractivity contribution in [3.8, 4) is 11.3 Å². The van der Waals surface area contributed by atoms with E-state index in [-0.39, 0.29) is 0 Å². The molecule has 0 bridgehead atoms. The van der Waals surface area contributed by atoms with E-state index in [1.165, 1.54) is 0 Å². The van der Waals surface area contributed by atoms with Crippen molar-refractivity contribution >= 4 is 11.6 Å². The normalized spacial score (nSPS) is 10.6. The Morgan fingerprint density at radius 3 is 2.61 bits per heavy atom. The Bertz CT molecular complexity index is 863. The molecule has 116 valence electrons. The lowest BCUT2D eigenvalue weighted by Crippen LogP contribution is -2.15. The first kappa shape index (κ1) is 14.8. The third-order valence-corrected chi connectivity index (χ3v) is 3.21. The first-order chi connectivity index (χ1) is 11.1. The third-order valence-electron chi connectivity index (χ3n) is 3.21. The van der Waals surface area contributed by atoms with Gasteiger partial charge in [-0.3, -0.25) is 9.89 Å². The van der Waals surface area contributed by atoms with Crippen molar-refractivity contribution in [3.63, 3.8) is 0 Å². The van der Waals surface area contributed by atoms with Gasteiger partial charge in [-0.1, -0.05) is 12.1 Å². The van der Waals surface area contributed by atoms with E-state index in [0.717, 1.165) is 17.3 Å². The molecule has 2 N–H and O–H groups in total. The number of carbonyl (C=O) groups excluding carboxylic acids is 1. The molecule has 0 atom stereocenters. The highest BCUT2D eigenvalue weighted by Gasteiger charge is 2.19. The number of nitrogens with one attached hydrogen (secondary N) is 2. The lowest BCUT2D eigenvalue weighted by molar-refractivity contribution is 0.102. The summed E-state index contributed by atoms with van der Waals surface area (Å²) in [5.41, 5.74) is 1.30. The molecule has 0 fully saturated rings. The van der Waals surface area contributed by atoms with Crippen LogP contribution in [0.25, 0.3) is 11.3 Å². The number of aromatic amines is 1. The summed E-state index contributed by atoms with van der Waals surface area (Å²) in [5.74, 6) is -5.42. The molecule has 0 saturated heterocycles. The molecule has 23 heavy (non-hydrogen) atoms. The number of hydrogen-bond donors (Lipinski definition) is 2. The molecule has 7 heteroatoms. The van der Waals surface area contributed by atoms with E-state index < -0.39 is 28.9 Å². The third kappa shape index (κ3) is 2.94. The van der Waals surface area contributed by atoms with E-state index >= 15 is 0 Å². The Hall–Kier alpha value is -3.09. The maximum atomic E-state index is 13.6. The molecule has 0 saturated carbocycles. The van der Waals surface area contributed by atoms with Gasteiger partial charge in [0.15, 0.2) is 17.5 Å². The summed E-state index contributed by atoms with van der Waals surface area (Å²) >= 11 is 0. The molecule has 0 aliphatic rings. The average Bonchev–Trinajstić information content (AvgIpc) is 3.07. The zero-order valence-corrected chi connectivity index (χ0v) is 11.6. The summed E-state index contributed by atoms with van der Waals surface area (Å²) in [6.07, 6.45) is 1.58. The van der Waals surface area contributed by atoms with E-state index in [9.17, 15) is 18.0 Å². The van der Waals surface area contributed by atoms with Crippen LogP contribution in [0.2, 0.25) is 0 Å². The Morgan fingerprint density at radius 2 is 1.87 bits per heavy atom. The van der Waals surface area contributed by atoms with Crippen molar-refractivity contribution in [2.24, 2.45) is 0 Å². The second-order valence-corrected chi connectivity index (χ2v) is 4.73. The molecule has 4 nitrogen and oxygen atoms in total. The fourth-order valence-electron chi connectivity index (χ4n) is 2.08. The van der Waals surface area contributed by atoms with E-state index in [0.29, 0.717) is 11.8 Å². The van der Waals surface area contributed by atoms with Gasteiger partial charge in [0.25, 0.3) is 5.91 Å². The molecular formula is C16H10F3N3O. The van der Waals surface area contributed by atoms with Gasteiger partial charge < -0.3 is 5.32 Å². The Morgan fingerprint density at radius 1 is 1.04 bits per heavy atom. The van der Waals surface area contributed by atoms with Gasteiger partial charge in [0.2, 0.25) is 0 Å². The molecule has 0 spiro atoms. The number of benzene rings is 2. The smallest absolute Gasteiger partial charge is 0.258 e. The summed E-state index contributed by atoms with van der Waals surface area (Å²) < 4.78 is 39.7. The molecule has 0 unspecified atom stereocenters. The lowest BCUT2D eigenvalue weighted by Gasteiger charge is -2.08. The highest BCUT2D eigenvalue weighted by atomic mass is 19.2. The predicted molar refractivity (Wildman–Crippen MR) is 78.3 cm³/mol. The van der Waals surface area contributed by atoms with Gasteiger partial charge in [-0.2, -0.15) is 5.10 Å². The standard InChI is InChI=1S/C16H10F3N3O/c17-12-5-4-11(14(18)15(12)19)16(23)21-10-3-1-2-9(8-10)13-6-7-20-22-13/h1-8H,(H,20,22)(H,21,23). The van der Waals surface area contributed by atoms with Crippen LogP contribution in [0.3, 0.4) is 0 Å². The Kier molecular flexibility index (Phi) is 3.84. The van der Waals surface area contributed by atoms with Crippen molar-refractivity contribution in [1.82, 2.24) is 10.2 Å². The molecular weight excluding hydrogens is 307 g/mol. The Labute approximate surface area is 129 Å². The van der Waals surface area contributed by atoms with Gasteiger partial charge in [-0.15, -0.1) is 0 Å². The molecule has 1 amide bonds. The zero-order chi connectivity index (χ0) is 16.4. The molecule has 3 rings (SSSR count). The van der Waals surface area contributed by atoms with E-state index in [1.807, 2.05) is 0 Å². The van der Waals surface area contributed by atoms with Crippen LogP contribution < -0.4 is 5.32 Å². The van der Waals surface area contributed by atoms with E-state index in [1.54, 1.807) is 36.5 Å². The van der Waals surface area contributed by atoms with Crippen LogP contribution in [-0.4, -0.2) is 16.1 Å².